The van der Waals surface area contributed by atoms with Crippen LogP contribution in [0.4, 0.5) is 0 Å². The molecule has 0 saturated carbocycles. The molecule has 0 aromatic heterocycles. The van der Waals surface area contributed by atoms with Crippen molar-refractivity contribution in [1.29, 1.82) is 0 Å². The number of hydrogen-bond donors (Lipinski definition) is 1. The van der Waals surface area contributed by atoms with Gasteiger partial charge in [-0.3, -0.25) is 0 Å². The summed E-state index contributed by atoms with van der Waals surface area (Å²) >= 11 is 3.50. The lowest BCUT2D eigenvalue weighted by Crippen LogP contribution is -2.08. The smallest absolute Gasteiger partial charge is 0.120 e. The SMILES string of the molecule is COCCOCCCOc1ccc([C@@H](C)N)c(Br)c1. The molecule has 1 aromatic carbocycles. The second kappa shape index (κ2) is 9.31. The number of hydrogen-bond acceptors (Lipinski definition) is 4. The van der Waals surface area contributed by atoms with Gasteiger partial charge in [0.25, 0.3) is 0 Å². The van der Waals surface area contributed by atoms with E-state index in [0.717, 1.165) is 22.2 Å². The van der Waals surface area contributed by atoms with Crippen LogP contribution < -0.4 is 10.5 Å². The van der Waals surface area contributed by atoms with Gasteiger partial charge in [0.1, 0.15) is 5.75 Å². The zero-order valence-corrected chi connectivity index (χ0v) is 13.1. The summed E-state index contributed by atoms with van der Waals surface area (Å²) in [5.74, 6) is 0.841. The Labute approximate surface area is 123 Å². The molecule has 5 heteroatoms. The molecule has 0 unspecified atom stereocenters. The normalized spacial score (nSPS) is 12.4. The topological polar surface area (TPSA) is 53.7 Å². The summed E-state index contributed by atoms with van der Waals surface area (Å²) in [5, 5.41) is 0. The van der Waals surface area contributed by atoms with Crippen LogP contribution in [0.5, 0.6) is 5.75 Å². The van der Waals surface area contributed by atoms with Gasteiger partial charge in [0, 0.05) is 30.7 Å². The monoisotopic (exact) mass is 331 g/mol. The predicted octanol–water partition coefficient (Wildman–Crippen LogP) is 2.90. The molecule has 1 aromatic rings. The number of rotatable bonds is 9. The van der Waals surface area contributed by atoms with Gasteiger partial charge in [-0.05, 0) is 24.6 Å². The number of nitrogens with two attached hydrogens (primary N) is 1. The fourth-order valence-electron chi connectivity index (χ4n) is 1.56. The number of ether oxygens (including phenoxy) is 3. The quantitative estimate of drug-likeness (QED) is 0.707. The summed E-state index contributed by atoms with van der Waals surface area (Å²) in [4.78, 5) is 0. The van der Waals surface area contributed by atoms with Crippen molar-refractivity contribution < 1.29 is 14.2 Å². The largest absolute Gasteiger partial charge is 0.493 e. The van der Waals surface area contributed by atoms with E-state index in [1.54, 1.807) is 7.11 Å². The maximum absolute atomic E-state index is 5.85. The zero-order valence-electron chi connectivity index (χ0n) is 11.5. The van der Waals surface area contributed by atoms with Crippen LogP contribution in [0.1, 0.15) is 24.9 Å². The maximum atomic E-state index is 5.85. The van der Waals surface area contributed by atoms with Crippen molar-refractivity contribution >= 4 is 15.9 Å². The van der Waals surface area contributed by atoms with Crippen molar-refractivity contribution in [3.63, 3.8) is 0 Å². The molecule has 0 fully saturated rings. The number of benzene rings is 1. The van der Waals surface area contributed by atoms with Crippen LogP contribution in [0.15, 0.2) is 22.7 Å². The average Bonchev–Trinajstić information content (AvgIpc) is 2.37. The molecule has 0 heterocycles. The second-order valence-electron chi connectivity index (χ2n) is 4.28. The molecule has 108 valence electrons. The Bertz CT molecular complexity index is 372. The first-order valence-corrected chi connectivity index (χ1v) is 7.19. The Morgan fingerprint density at radius 1 is 1.21 bits per heavy atom. The highest BCUT2D eigenvalue weighted by Gasteiger charge is 2.06. The van der Waals surface area contributed by atoms with E-state index in [4.69, 9.17) is 19.9 Å². The van der Waals surface area contributed by atoms with E-state index >= 15 is 0 Å². The molecule has 2 N–H and O–H groups in total. The third kappa shape index (κ3) is 6.38. The first-order chi connectivity index (χ1) is 9.15. The van der Waals surface area contributed by atoms with Gasteiger partial charge in [0.05, 0.1) is 19.8 Å². The molecule has 0 bridgehead atoms. The third-order valence-corrected chi connectivity index (χ3v) is 3.28. The number of halogens is 1. The van der Waals surface area contributed by atoms with Gasteiger partial charge in [-0.2, -0.15) is 0 Å². The summed E-state index contributed by atoms with van der Waals surface area (Å²) < 4.78 is 16.9. The molecule has 0 aliphatic heterocycles. The Kier molecular flexibility index (Phi) is 8.05. The van der Waals surface area contributed by atoms with E-state index in [0.29, 0.717) is 26.4 Å². The molecule has 0 aliphatic rings. The van der Waals surface area contributed by atoms with Crippen LogP contribution in [0.2, 0.25) is 0 Å². The van der Waals surface area contributed by atoms with Crippen LogP contribution in [0, 0.1) is 0 Å². The van der Waals surface area contributed by atoms with Crippen LogP contribution in [0.3, 0.4) is 0 Å². The Hall–Kier alpha value is -0.620. The molecule has 1 rings (SSSR count). The van der Waals surface area contributed by atoms with Crippen LogP contribution in [-0.2, 0) is 9.47 Å². The van der Waals surface area contributed by atoms with Crippen molar-refractivity contribution in [1.82, 2.24) is 0 Å². The van der Waals surface area contributed by atoms with E-state index in [2.05, 4.69) is 15.9 Å². The standard InChI is InChI=1S/C14H22BrNO3/c1-11(16)13-5-4-12(10-14(13)15)19-7-3-6-18-9-8-17-2/h4-5,10-11H,3,6-9,16H2,1-2H3/t11-/m1/s1. The highest BCUT2D eigenvalue weighted by atomic mass is 79.9. The van der Waals surface area contributed by atoms with Gasteiger partial charge in [0.2, 0.25) is 0 Å². The van der Waals surface area contributed by atoms with Crippen molar-refractivity contribution in [2.45, 2.75) is 19.4 Å². The molecule has 0 amide bonds. The zero-order chi connectivity index (χ0) is 14.1. The van der Waals surface area contributed by atoms with Crippen LogP contribution >= 0.6 is 15.9 Å². The van der Waals surface area contributed by atoms with E-state index in [9.17, 15) is 0 Å². The van der Waals surface area contributed by atoms with Gasteiger partial charge >= 0.3 is 0 Å². The third-order valence-electron chi connectivity index (χ3n) is 2.60. The minimum atomic E-state index is 0.0117. The summed E-state index contributed by atoms with van der Waals surface area (Å²) in [7, 11) is 1.66. The Morgan fingerprint density at radius 3 is 2.63 bits per heavy atom. The molecular weight excluding hydrogens is 310 g/mol. The average molecular weight is 332 g/mol. The summed E-state index contributed by atoms with van der Waals surface area (Å²) in [6.45, 7) is 4.54. The lowest BCUT2D eigenvalue weighted by atomic mass is 10.1. The second-order valence-corrected chi connectivity index (χ2v) is 5.13. The van der Waals surface area contributed by atoms with Crippen molar-refractivity contribution in [3.05, 3.63) is 28.2 Å². The molecule has 0 spiro atoms. The van der Waals surface area contributed by atoms with Crippen molar-refractivity contribution in [2.75, 3.05) is 33.5 Å². The van der Waals surface area contributed by atoms with Gasteiger partial charge < -0.3 is 19.9 Å². The van der Waals surface area contributed by atoms with Crippen molar-refractivity contribution in [2.24, 2.45) is 5.73 Å². The van der Waals surface area contributed by atoms with Crippen LogP contribution in [-0.4, -0.2) is 33.5 Å². The number of methoxy groups -OCH3 is 1. The van der Waals surface area contributed by atoms with Crippen molar-refractivity contribution in [3.8, 4) is 5.75 Å². The fraction of sp³-hybridized carbons (Fsp3) is 0.571. The minimum Gasteiger partial charge on any atom is -0.493 e. The van der Waals surface area contributed by atoms with Gasteiger partial charge in [-0.25, -0.2) is 0 Å². The van der Waals surface area contributed by atoms with Crippen LogP contribution in [0.25, 0.3) is 0 Å². The van der Waals surface area contributed by atoms with E-state index in [-0.39, 0.29) is 6.04 Å². The lowest BCUT2D eigenvalue weighted by molar-refractivity contribution is 0.0644. The van der Waals surface area contributed by atoms with Gasteiger partial charge in [0.15, 0.2) is 0 Å². The molecule has 19 heavy (non-hydrogen) atoms. The Balaban J connectivity index is 2.25. The highest BCUT2D eigenvalue weighted by molar-refractivity contribution is 9.10. The Morgan fingerprint density at radius 2 is 2.00 bits per heavy atom. The molecule has 4 nitrogen and oxygen atoms in total. The molecular formula is C14H22BrNO3. The van der Waals surface area contributed by atoms with E-state index in [1.807, 2.05) is 25.1 Å². The summed E-state index contributed by atoms with van der Waals surface area (Å²) in [6.07, 6.45) is 0.858. The minimum absolute atomic E-state index is 0.0117. The molecule has 0 saturated heterocycles. The van der Waals surface area contributed by atoms with E-state index < -0.39 is 0 Å². The highest BCUT2D eigenvalue weighted by Crippen LogP contribution is 2.26. The summed E-state index contributed by atoms with van der Waals surface area (Å²) in [5.41, 5.74) is 6.93. The molecule has 1 atom stereocenters. The van der Waals surface area contributed by atoms with Gasteiger partial charge in [-0.15, -0.1) is 0 Å². The lowest BCUT2D eigenvalue weighted by Gasteiger charge is -2.11. The van der Waals surface area contributed by atoms with Gasteiger partial charge in [-0.1, -0.05) is 22.0 Å². The summed E-state index contributed by atoms with van der Waals surface area (Å²) in [6, 6.07) is 5.89. The molecule has 0 aliphatic carbocycles. The predicted molar refractivity (Wildman–Crippen MR) is 79.6 cm³/mol. The first kappa shape index (κ1) is 16.4. The fourth-order valence-corrected chi connectivity index (χ4v) is 2.28. The molecule has 0 radical (unpaired) electrons. The first-order valence-electron chi connectivity index (χ1n) is 6.39. The maximum Gasteiger partial charge on any atom is 0.120 e. The van der Waals surface area contributed by atoms with E-state index in [1.165, 1.54) is 0 Å².